The summed E-state index contributed by atoms with van der Waals surface area (Å²) in [6, 6.07) is 31.8. The van der Waals surface area contributed by atoms with E-state index in [2.05, 4.69) is 78.9 Å². The molecule has 1 aliphatic rings. The van der Waals surface area contributed by atoms with E-state index in [-0.39, 0.29) is 11.1 Å². The van der Waals surface area contributed by atoms with Gasteiger partial charge in [-0.2, -0.15) is 0 Å². The molecule has 147 valence electrons. The SMILES string of the molecule is CCC(C(=O)O)=[P]1CCC(c2ccccc2)C1(c1ccccc1)c1ccccc1. The maximum atomic E-state index is 12.3. The van der Waals surface area contributed by atoms with Crippen molar-refractivity contribution in [2.45, 2.75) is 30.8 Å². The third-order valence-corrected chi connectivity index (χ3v) is 9.65. The van der Waals surface area contributed by atoms with Crippen LogP contribution in [-0.2, 0) is 9.95 Å². The van der Waals surface area contributed by atoms with Crippen LogP contribution in [0.2, 0.25) is 0 Å². The number of rotatable bonds is 5. The molecule has 0 bridgehead atoms. The van der Waals surface area contributed by atoms with Crippen LogP contribution in [0.5, 0.6) is 0 Å². The fraction of sp³-hybridized carbons (Fsp3) is 0.231. The van der Waals surface area contributed by atoms with E-state index in [1.54, 1.807) is 0 Å². The van der Waals surface area contributed by atoms with Gasteiger partial charge < -0.3 is 5.11 Å². The molecule has 2 atom stereocenters. The van der Waals surface area contributed by atoms with Crippen LogP contribution < -0.4 is 0 Å². The van der Waals surface area contributed by atoms with Gasteiger partial charge in [0.15, 0.2) is 0 Å². The highest BCUT2D eigenvalue weighted by Crippen LogP contribution is 2.67. The van der Waals surface area contributed by atoms with Gasteiger partial charge in [-0.1, -0.05) is 97.9 Å². The molecule has 4 rings (SSSR count). The Balaban J connectivity index is 2.11. The van der Waals surface area contributed by atoms with Gasteiger partial charge in [-0.25, -0.2) is 4.79 Å². The molecule has 0 amide bonds. The van der Waals surface area contributed by atoms with Gasteiger partial charge in [-0.3, -0.25) is 0 Å². The summed E-state index contributed by atoms with van der Waals surface area (Å²) in [6.07, 6.45) is 2.52. The second-order valence-corrected chi connectivity index (χ2v) is 10.1. The normalized spacial score (nSPS) is 19.7. The van der Waals surface area contributed by atoms with Gasteiger partial charge in [0.2, 0.25) is 0 Å². The van der Waals surface area contributed by atoms with E-state index in [1.165, 1.54) is 16.7 Å². The minimum Gasteiger partial charge on any atom is -0.478 e. The molecule has 3 aromatic carbocycles. The Hall–Kier alpha value is -2.70. The predicted molar refractivity (Wildman–Crippen MR) is 122 cm³/mol. The van der Waals surface area contributed by atoms with Gasteiger partial charge in [0, 0.05) is 5.92 Å². The molecule has 3 heteroatoms. The van der Waals surface area contributed by atoms with Gasteiger partial charge in [0.05, 0.1) is 10.4 Å². The van der Waals surface area contributed by atoms with Crippen molar-refractivity contribution in [3.8, 4) is 0 Å². The smallest absolute Gasteiger partial charge is 0.335 e. The number of aliphatic carboxylic acids is 1. The Morgan fingerprint density at radius 2 is 1.38 bits per heavy atom. The lowest BCUT2D eigenvalue weighted by molar-refractivity contribution is -0.129. The topological polar surface area (TPSA) is 37.3 Å². The molecule has 0 aliphatic carbocycles. The molecule has 3 aromatic rings. The first-order chi connectivity index (χ1) is 14.2. The maximum absolute atomic E-state index is 12.3. The summed E-state index contributed by atoms with van der Waals surface area (Å²) in [6.45, 7) is 1.99. The van der Waals surface area contributed by atoms with Gasteiger partial charge in [-0.15, -0.1) is 7.55 Å². The largest absolute Gasteiger partial charge is 0.478 e. The van der Waals surface area contributed by atoms with Gasteiger partial charge >= 0.3 is 5.97 Å². The third-order valence-electron chi connectivity index (χ3n) is 6.11. The molecule has 0 aromatic heterocycles. The maximum Gasteiger partial charge on any atom is 0.335 e. The third kappa shape index (κ3) is 3.32. The fourth-order valence-electron chi connectivity index (χ4n) is 5.00. The number of benzene rings is 3. The van der Waals surface area contributed by atoms with E-state index in [0.717, 1.165) is 12.6 Å². The first-order valence-corrected chi connectivity index (χ1v) is 11.7. The molecule has 1 aliphatic heterocycles. The molecular formula is C26H26O2P. The zero-order valence-electron chi connectivity index (χ0n) is 16.7. The van der Waals surface area contributed by atoms with E-state index in [1.807, 2.05) is 19.1 Å². The molecule has 29 heavy (non-hydrogen) atoms. The van der Waals surface area contributed by atoms with Gasteiger partial charge in [0.1, 0.15) is 0 Å². The molecule has 2 unspecified atom stereocenters. The standard InChI is InChI=1S/C26H26O2P/c1-2-24(25(27)28)29-19-18-23(20-12-6-3-7-13-20)26(29,21-14-8-4-9-15-21)22-16-10-5-11-17-22/h3-17,23H,2,18-19H2,1H3,(H,27,28). The summed E-state index contributed by atoms with van der Waals surface area (Å²) in [4.78, 5) is 12.3. The molecule has 2 nitrogen and oxygen atoms in total. The van der Waals surface area contributed by atoms with Crippen LogP contribution in [0.1, 0.15) is 42.4 Å². The minimum absolute atomic E-state index is 0.250. The van der Waals surface area contributed by atoms with Gasteiger partial charge in [0.25, 0.3) is 0 Å². The highest BCUT2D eigenvalue weighted by molar-refractivity contribution is 7.62. The summed E-state index contributed by atoms with van der Waals surface area (Å²) in [7, 11) is -0.894. The average Bonchev–Trinajstić information content (AvgIpc) is 3.17. The Kier molecular flexibility index (Phi) is 5.65. The highest BCUT2D eigenvalue weighted by atomic mass is 31.1. The lowest BCUT2D eigenvalue weighted by Crippen LogP contribution is -2.30. The zero-order chi connectivity index (χ0) is 20.3. The molecular weight excluding hydrogens is 375 g/mol. The Bertz CT molecular complexity index is 971. The second kappa shape index (κ2) is 8.35. The van der Waals surface area contributed by atoms with Crippen LogP contribution in [0.25, 0.3) is 0 Å². The van der Waals surface area contributed by atoms with Crippen molar-refractivity contribution in [3.05, 3.63) is 108 Å². The number of carbonyl (C=O) groups is 1. The summed E-state index contributed by atoms with van der Waals surface area (Å²) in [5.41, 5.74) is 3.76. The number of hydrogen-bond donors (Lipinski definition) is 1. The quantitative estimate of drug-likeness (QED) is 0.512. The minimum atomic E-state index is -0.894. The van der Waals surface area contributed by atoms with E-state index in [4.69, 9.17) is 0 Å². The number of hydrogen-bond acceptors (Lipinski definition) is 1. The zero-order valence-corrected chi connectivity index (χ0v) is 17.6. The van der Waals surface area contributed by atoms with E-state index < -0.39 is 13.5 Å². The molecule has 1 radical (unpaired) electrons. The summed E-state index contributed by atoms with van der Waals surface area (Å²) < 4.78 is 0. The summed E-state index contributed by atoms with van der Waals surface area (Å²) in [5, 5.41) is 10.5. The van der Waals surface area contributed by atoms with Crippen molar-refractivity contribution in [2.24, 2.45) is 0 Å². The van der Waals surface area contributed by atoms with E-state index >= 15 is 0 Å². The molecule has 1 fully saturated rings. The lowest BCUT2D eigenvalue weighted by atomic mass is 9.75. The van der Waals surface area contributed by atoms with Crippen LogP contribution >= 0.6 is 7.55 Å². The summed E-state index contributed by atoms with van der Waals surface area (Å²) >= 11 is 0. The van der Waals surface area contributed by atoms with Crippen LogP contribution in [0.15, 0.2) is 91.0 Å². The monoisotopic (exact) mass is 401 g/mol. The molecule has 1 N–H and O–H groups in total. The Morgan fingerprint density at radius 1 is 0.897 bits per heavy atom. The summed E-state index contributed by atoms with van der Waals surface area (Å²) in [5.74, 6) is -0.482. The van der Waals surface area contributed by atoms with Crippen LogP contribution in [0.4, 0.5) is 0 Å². The van der Waals surface area contributed by atoms with Crippen molar-refractivity contribution in [2.75, 3.05) is 6.16 Å². The van der Waals surface area contributed by atoms with Crippen molar-refractivity contribution in [3.63, 3.8) is 0 Å². The lowest BCUT2D eigenvalue weighted by Gasteiger charge is -2.40. The van der Waals surface area contributed by atoms with E-state index in [0.29, 0.717) is 11.7 Å². The highest BCUT2D eigenvalue weighted by Gasteiger charge is 2.50. The van der Waals surface area contributed by atoms with Crippen LogP contribution in [0, 0.1) is 0 Å². The number of carboxylic acids is 1. The van der Waals surface area contributed by atoms with Crippen molar-refractivity contribution in [1.29, 1.82) is 0 Å². The predicted octanol–water partition coefficient (Wildman–Crippen LogP) is 6.27. The number of carboxylic acid groups (broad SMARTS) is 1. The Morgan fingerprint density at radius 3 is 1.83 bits per heavy atom. The van der Waals surface area contributed by atoms with Gasteiger partial charge in [-0.05, 0) is 35.7 Å². The first-order valence-electron chi connectivity index (χ1n) is 10.2. The second-order valence-electron chi connectivity index (χ2n) is 7.51. The van der Waals surface area contributed by atoms with Crippen molar-refractivity contribution >= 4 is 18.8 Å². The molecule has 0 saturated carbocycles. The van der Waals surface area contributed by atoms with Crippen LogP contribution in [-0.4, -0.2) is 22.5 Å². The first kappa shape index (κ1) is 19.6. The Labute approximate surface area is 173 Å². The van der Waals surface area contributed by atoms with Crippen molar-refractivity contribution < 1.29 is 9.90 Å². The molecule has 1 heterocycles. The average molecular weight is 401 g/mol. The van der Waals surface area contributed by atoms with Crippen LogP contribution in [0.3, 0.4) is 0 Å². The molecule has 1 saturated heterocycles. The fourth-order valence-corrected chi connectivity index (χ4v) is 8.75. The van der Waals surface area contributed by atoms with Crippen molar-refractivity contribution in [1.82, 2.24) is 0 Å². The molecule has 0 spiro atoms. The van der Waals surface area contributed by atoms with E-state index in [9.17, 15) is 9.90 Å².